The first-order valence-corrected chi connectivity index (χ1v) is 8.50. The van der Waals surface area contributed by atoms with Crippen molar-refractivity contribution in [1.82, 2.24) is 15.1 Å². The van der Waals surface area contributed by atoms with Crippen molar-refractivity contribution in [2.45, 2.75) is 68.6 Å². The zero-order chi connectivity index (χ0) is 15.0. The van der Waals surface area contributed by atoms with Crippen molar-refractivity contribution in [3.05, 3.63) is 0 Å². The molecule has 0 aromatic rings. The molecule has 1 amide bonds. The van der Waals surface area contributed by atoms with Crippen LogP contribution >= 0.6 is 0 Å². The van der Waals surface area contributed by atoms with Crippen LogP contribution in [-0.2, 0) is 4.79 Å². The lowest BCUT2D eigenvalue weighted by atomic mass is 9.77. The van der Waals surface area contributed by atoms with Crippen LogP contribution in [0.15, 0.2) is 0 Å². The Balaban J connectivity index is 1.70. The normalized spacial score (nSPS) is 41.9. The third-order valence-electron chi connectivity index (χ3n) is 6.37. The predicted octanol–water partition coefficient (Wildman–Crippen LogP) is 0.541. The fourth-order valence-corrected chi connectivity index (χ4v) is 4.80. The van der Waals surface area contributed by atoms with Crippen LogP contribution in [-0.4, -0.2) is 66.6 Å². The molecular formula is C16H30N4O. The molecule has 3 fully saturated rings. The summed E-state index contributed by atoms with van der Waals surface area (Å²) in [5.74, 6) is -0.178. The van der Waals surface area contributed by atoms with Gasteiger partial charge in [0.2, 0.25) is 5.91 Å². The van der Waals surface area contributed by atoms with E-state index in [4.69, 9.17) is 5.73 Å². The number of carbonyl (C=O) groups excluding carboxylic acids is 1. The highest BCUT2D eigenvalue weighted by molar-refractivity contribution is 5.84. The van der Waals surface area contributed by atoms with Crippen molar-refractivity contribution >= 4 is 5.91 Å². The SMILES string of the molecule is CNC1(C(N)=O)CCCC(N2CCC3CCC(C2)N3C)C1. The van der Waals surface area contributed by atoms with E-state index in [9.17, 15) is 4.79 Å². The van der Waals surface area contributed by atoms with Gasteiger partial charge in [0.1, 0.15) is 0 Å². The number of likely N-dealkylation sites (N-methyl/N-ethyl adjacent to an activating group) is 2. The maximum absolute atomic E-state index is 11.9. The Bertz CT molecular complexity index is 402. The monoisotopic (exact) mass is 294 g/mol. The number of nitrogens with zero attached hydrogens (tertiary/aromatic N) is 2. The van der Waals surface area contributed by atoms with Crippen LogP contribution in [0.4, 0.5) is 0 Å². The van der Waals surface area contributed by atoms with Gasteiger partial charge in [-0.25, -0.2) is 0 Å². The first-order valence-electron chi connectivity index (χ1n) is 8.50. The van der Waals surface area contributed by atoms with Crippen LogP contribution in [0.5, 0.6) is 0 Å². The van der Waals surface area contributed by atoms with Gasteiger partial charge in [-0.15, -0.1) is 0 Å². The lowest BCUT2D eigenvalue weighted by Gasteiger charge is -2.43. The molecule has 1 aliphatic carbocycles. The fourth-order valence-electron chi connectivity index (χ4n) is 4.80. The van der Waals surface area contributed by atoms with Crippen LogP contribution in [0, 0.1) is 0 Å². The highest BCUT2D eigenvalue weighted by Crippen LogP contribution is 2.35. The van der Waals surface area contributed by atoms with Crippen LogP contribution < -0.4 is 11.1 Å². The molecule has 3 N–H and O–H groups in total. The van der Waals surface area contributed by atoms with Crippen molar-refractivity contribution in [3.8, 4) is 0 Å². The van der Waals surface area contributed by atoms with Gasteiger partial charge in [0.15, 0.2) is 0 Å². The third-order valence-corrected chi connectivity index (χ3v) is 6.37. The van der Waals surface area contributed by atoms with E-state index >= 15 is 0 Å². The maximum Gasteiger partial charge on any atom is 0.237 e. The molecule has 2 heterocycles. The summed E-state index contributed by atoms with van der Waals surface area (Å²) in [5, 5.41) is 3.23. The standard InChI is InChI=1S/C16H30N4O/c1-18-16(15(17)21)8-3-4-13(10-16)20-9-7-12-5-6-14(11-20)19(12)2/h12-14,18H,3-11H2,1-2H3,(H2,17,21). The number of nitrogens with one attached hydrogen (secondary N) is 1. The zero-order valence-electron chi connectivity index (χ0n) is 13.5. The topological polar surface area (TPSA) is 61.6 Å². The summed E-state index contributed by atoms with van der Waals surface area (Å²) in [5.41, 5.74) is 5.20. The summed E-state index contributed by atoms with van der Waals surface area (Å²) in [6.45, 7) is 2.34. The van der Waals surface area contributed by atoms with Crippen LogP contribution in [0.2, 0.25) is 0 Å². The molecule has 2 saturated heterocycles. The third kappa shape index (κ3) is 2.71. The van der Waals surface area contributed by atoms with Crippen LogP contribution in [0.1, 0.15) is 44.9 Å². The van der Waals surface area contributed by atoms with Gasteiger partial charge in [-0.1, -0.05) is 0 Å². The quantitative estimate of drug-likeness (QED) is 0.797. The Hall–Kier alpha value is -0.650. The molecule has 0 aromatic carbocycles. The van der Waals surface area contributed by atoms with E-state index in [1.807, 2.05) is 7.05 Å². The van der Waals surface area contributed by atoms with Gasteiger partial charge in [0.25, 0.3) is 0 Å². The molecule has 0 spiro atoms. The lowest BCUT2D eigenvalue weighted by Crippen LogP contribution is -2.60. The number of carbonyl (C=O) groups is 1. The smallest absolute Gasteiger partial charge is 0.237 e. The second-order valence-corrected chi connectivity index (χ2v) is 7.28. The molecule has 5 nitrogen and oxygen atoms in total. The number of hydrogen-bond acceptors (Lipinski definition) is 4. The number of likely N-dealkylation sites (tertiary alicyclic amines) is 1. The van der Waals surface area contributed by atoms with Crippen molar-refractivity contribution < 1.29 is 4.79 Å². The minimum absolute atomic E-state index is 0.178. The number of fused-ring (bicyclic) bond motifs is 2. The molecule has 3 aliphatic rings. The Morgan fingerprint density at radius 3 is 2.67 bits per heavy atom. The minimum Gasteiger partial charge on any atom is -0.368 e. The molecule has 2 aliphatic heterocycles. The van der Waals surface area contributed by atoms with Crippen molar-refractivity contribution in [3.63, 3.8) is 0 Å². The van der Waals surface area contributed by atoms with Gasteiger partial charge in [-0.05, 0) is 65.6 Å². The second-order valence-electron chi connectivity index (χ2n) is 7.28. The minimum atomic E-state index is -0.486. The van der Waals surface area contributed by atoms with E-state index in [2.05, 4.69) is 22.2 Å². The van der Waals surface area contributed by atoms with Crippen molar-refractivity contribution in [2.75, 3.05) is 27.2 Å². The first kappa shape index (κ1) is 15.3. The second kappa shape index (κ2) is 5.86. The Morgan fingerprint density at radius 2 is 1.95 bits per heavy atom. The lowest BCUT2D eigenvalue weighted by molar-refractivity contribution is -0.126. The summed E-state index contributed by atoms with van der Waals surface area (Å²) in [6, 6.07) is 1.98. The molecule has 1 saturated carbocycles. The summed E-state index contributed by atoms with van der Waals surface area (Å²) in [7, 11) is 4.17. The van der Waals surface area contributed by atoms with E-state index in [1.165, 1.54) is 32.2 Å². The van der Waals surface area contributed by atoms with E-state index in [0.717, 1.165) is 31.8 Å². The highest BCUT2D eigenvalue weighted by atomic mass is 16.1. The van der Waals surface area contributed by atoms with Crippen LogP contribution in [0.3, 0.4) is 0 Å². The molecule has 0 aromatic heterocycles. The first-order chi connectivity index (χ1) is 10.1. The Labute approximate surface area is 128 Å². The summed E-state index contributed by atoms with van der Waals surface area (Å²) in [4.78, 5) is 17.1. The molecule has 4 unspecified atom stereocenters. The largest absolute Gasteiger partial charge is 0.368 e. The molecule has 21 heavy (non-hydrogen) atoms. The van der Waals surface area contributed by atoms with E-state index in [0.29, 0.717) is 12.1 Å². The fraction of sp³-hybridized carbons (Fsp3) is 0.938. The van der Waals surface area contributed by atoms with Gasteiger partial charge >= 0.3 is 0 Å². The summed E-state index contributed by atoms with van der Waals surface area (Å²) < 4.78 is 0. The van der Waals surface area contributed by atoms with Gasteiger partial charge in [-0.3, -0.25) is 14.6 Å². The van der Waals surface area contributed by atoms with Gasteiger partial charge in [0.05, 0.1) is 5.54 Å². The highest BCUT2D eigenvalue weighted by Gasteiger charge is 2.43. The summed E-state index contributed by atoms with van der Waals surface area (Å²) in [6.07, 6.45) is 8.02. The average Bonchev–Trinajstić information content (AvgIpc) is 2.72. The molecule has 4 atom stereocenters. The van der Waals surface area contributed by atoms with Gasteiger partial charge < -0.3 is 11.1 Å². The van der Waals surface area contributed by atoms with E-state index < -0.39 is 5.54 Å². The average molecular weight is 294 g/mol. The number of nitrogens with two attached hydrogens (primary N) is 1. The maximum atomic E-state index is 11.9. The van der Waals surface area contributed by atoms with E-state index in [1.54, 1.807) is 0 Å². The Morgan fingerprint density at radius 1 is 1.19 bits per heavy atom. The number of amides is 1. The van der Waals surface area contributed by atoms with Gasteiger partial charge in [0, 0.05) is 24.7 Å². The number of primary amides is 1. The predicted molar refractivity (Wildman–Crippen MR) is 84.0 cm³/mol. The molecule has 0 radical (unpaired) electrons. The van der Waals surface area contributed by atoms with Crippen molar-refractivity contribution in [1.29, 1.82) is 0 Å². The summed E-state index contributed by atoms with van der Waals surface area (Å²) >= 11 is 0. The molecule has 3 rings (SSSR count). The molecule has 120 valence electrons. The molecule has 2 bridgehead atoms. The van der Waals surface area contributed by atoms with E-state index in [-0.39, 0.29) is 5.91 Å². The number of hydrogen-bond donors (Lipinski definition) is 2. The Kier molecular flexibility index (Phi) is 4.26. The van der Waals surface area contributed by atoms with Gasteiger partial charge in [-0.2, -0.15) is 0 Å². The number of rotatable bonds is 3. The molecular weight excluding hydrogens is 264 g/mol. The molecule has 5 heteroatoms. The van der Waals surface area contributed by atoms with Crippen LogP contribution in [0.25, 0.3) is 0 Å². The zero-order valence-corrected chi connectivity index (χ0v) is 13.5. The van der Waals surface area contributed by atoms with Crippen molar-refractivity contribution in [2.24, 2.45) is 5.73 Å².